The number of non-ortho nitro benzene ring substituents is 1. The zero-order valence-corrected chi connectivity index (χ0v) is 14.8. The zero-order chi connectivity index (χ0) is 19.2. The lowest BCUT2D eigenvalue weighted by Crippen LogP contribution is -2.37. The molecule has 142 valence electrons. The maximum Gasteiger partial charge on any atom is 0.335 e. The van der Waals surface area contributed by atoms with Gasteiger partial charge in [0.2, 0.25) is 0 Å². The van der Waals surface area contributed by atoms with Crippen molar-refractivity contribution in [3.05, 3.63) is 39.4 Å². The van der Waals surface area contributed by atoms with Gasteiger partial charge < -0.3 is 15.2 Å². The molecule has 1 fully saturated rings. The summed E-state index contributed by atoms with van der Waals surface area (Å²) in [5.41, 5.74) is -0.742. The number of carbonyl (C=O) groups excluding carboxylic acids is 1. The Morgan fingerprint density at radius 2 is 1.92 bits per heavy atom. The molecule has 0 aromatic heterocycles. The minimum absolute atomic E-state index is 0.0189. The number of amides is 1. The van der Waals surface area contributed by atoms with Crippen LogP contribution >= 0.6 is 0 Å². The Bertz CT molecular complexity index is 650. The normalized spacial score (nSPS) is 15.6. The molecule has 8 nitrogen and oxygen atoms in total. The smallest absolute Gasteiger partial charge is 0.335 e. The van der Waals surface area contributed by atoms with E-state index >= 15 is 0 Å². The molecule has 1 amide bonds. The molecule has 8 heteroatoms. The SMILES string of the molecule is CCOCCC1(CNC(=O)c2cc(C(=O)O)cc([N+](=O)[O-])c2)CCCC1. The molecule has 0 radical (unpaired) electrons. The summed E-state index contributed by atoms with van der Waals surface area (Å²) in [6, 6.07) is 3.20. The van der Waals surface area contributed by atoms with Gasteiger partial charge in [0.1, 0.15) is 0 Å². The zero-order valence-electron chi connectivity index (χ0n) is 14.8. The predicted molar refractivity (Wildman–Crippen MR) is 94.4 cm³/mol. The molecule has 0 aliphatic heterocycles. The van der Waals surface area contributed by atoms with E-state index < -0.39 is 22.5 Å². The summed E-state index contributed by atoms with van der Waals surface area (Å²) in [4.78, 5) is 33.9. The third kappa shape index (κ3) is 5.01. The van der Waals surface area contributed by atoms with E-state index in [1.807, 2.05) is 6.92 Å². The van der Waals surface area contributed by atoms with Crippen molar-refractivity contribution in [3.8, 4) is 0 Å². The number of benzene rings is 1. The van der Waals surface area contributed by atoms with Crippen LogP contribution < -0.4 is 5.32 Å². The predicted octanol–water partition coefficient (Wildman–Crippen LogP) is 3.01. The van der Waals surface area contributed by atoms with Crippen molar-refractivity contribution in [3.63, 3.8) is 0 Å². The van der Waals surface area contributed by atoms with Gasteiger partial charge in [-0.1, -0.05) is 12.8 Å². The Morgan fingerprint density at radius 3 is 2.50 bits per heavy atom. The summed E-state index contributed by atoms with van der Waals surface area (Å²) in [6.07, 6.45) is 5.03. The van der Waals surface area contributed by atoms with Crippen LogP contribution in [-0.4, -0.2) is 41.7 Å². The lowest BCUT2D eigenvalue weighted by molar-refractivity contribution is -0.384. The van der Waals surface area contributed by atoms with Gasteiger partial charge in [-0.2, -0.15) is 0 Å². The second kappa shape index (κ2) is 8.75. The first-order chi connectivity index (χ1) is 12.4. The van der Waals surface area contributed by atoms with Crippen LogP contribution in [0.2, 0.25) is 0 Å². The fourth-order valence-electron chi connectivity index (χ4n) is 3.41. The van der Waals surface area contributed by atoms with Crippen molar-refractivity contribution in [1.29, 1.82) is 0 Å². The standard InChI is InChI=1S/C18H24N2O6/c1-2-26-8-7-18(5-3-4-6-18)12-19-16(21)13-9-14(17(22)23)11-15(10-13)20(24)25/h9-11H,2-8,12H2,1H3,(H,19,21)(H,22,23). The lowest BCUT2D eigenvalue weighted by atomic mass is 9.83. The minimum atomic E-state index is -1.31. The van der Waals surface area contributed by atoms with Crippen molar-refractivity contribution in [1.82, 2.24) is 5.32 Å². The molecule has 1 aliphatic rings. The van der Waals surface area contributed by atoms with Gasteiger partial charge in [0.05, 0.1) is 10.5 Å². The maximum absolute atomic E-state index is 12.5. The highest BCUT2D eigenvalue weighted by Crippen LogP contribution is 2.40. The van der Waals surface area contributed by atoms with Gasteiger partial charge in [0, 0.05) is 37.5 Å². The average molecular weight is 364 g/mol. The number of nitro benzene ring substituents is 1. The van der Waals surface area contributed by atoms with Crippen LogP contribution in [0.25, 0.3) is 0 Å². The molecule has 0 heterocycles. The summed E-state index contributed by atoms with van der Waals surface area (Å²) in [7, 11) is 0. The van der Waals surface area contributed by atoms with E-state index in [4.69, 9.17) is 9.84 Å². The van der Waals surface area contributed by atoms with Gasteiger partial charge in [-0.15, -0.1) is 0 Å². The molecule has 0 atom stereocenters. The highest BCUT2D eigenvalue weighted by molar-refractivity contribution is 5.98. The molecule has 1 saturated carbocycles. The van der Waals surface area contributed by atoms with Gasteiger partial charge in [0.25, 0.3) is 11.6 Å². The molecule has 26 heavy (non-hydrogen) atoms. The highest BCUT2D eigenvalue weighted by atomic mass is 16.6. The summed E-state index contributed by atoms with van der Waals surface area (Å²) in [5, 5.41) is 22.9. The maximum atomic E-state index is 12.5. The molecule has 1 aromatic rings. The second-order valence-corrected chi connectivity index (χ2v) is 6.67. The van der Waals surface area contributed by atoms with Gasteiger partial charge in [0.15, 0.2) is 0 Å². The van der Waals surface area contributed by atoms with Crippen molar-refractivity contribution >= 4 is 17.6 Å². The van der Waals surface area contributed by atoms with E-state index in [1.165, 1.54) is 0 Å². The van der Waals surface area contributed by atoms with E-state index in [-0.39, 0.29) is 16.5 Å². The number of hydrogen-bond donors (Lipinski definition) is 2. The lowest BCUT2D eigenvalue weighted by Gasteiger charge is -2.29. The van der Waals surface area contributed by atoms with Crippen LogP contribution in [0.4, 0.5) is 5.69 Å². The molecular weight excluding hydrogens is 340 g/mol. The first-order valence-corrected chi connectivity index (χ1v) is 8.75. The van der Waals surface area contributed by atoms with Crippen LogP contribution in [0.3, 0.4) is 0 Å². The molecule has 2 rings (SSSR count). The summed E-state index contributed by atoms with van der Waals surface area (Å²) < 4.78 is 5.44. The van der Waals surface area contributed by atoms with Gasteiger partial charge in [-0.25, -0.2) is 4.79 Å². The van der Waals surface area contributed by atoms with Crippen LogP contribution in [-0.2, 0) is 4.74 Å². The number of nitro groups is 1. The molecule has 0 unspecified atom stereocenters. The number of carboxylic acids is 1. The van der Waals surface area contributed by atoms with E-state index in [2.05, 4.69) is 5.32 Å². The van der Waals surface area contributed by atoms with E-state index in [1.54, 1.807) is 0 Å². The van der Waals surface area contributed by atoms with E-state index in [0.29, 0.717) is 19.8 Å². The number of nitrogens with one attached hydrogen (secondary N) is 1. The van der Waals surface area contributed by atoms with Crippen LogP contribution in [0.15, 0.2) is 18.2 Å². The highest BCUT2D eigenvalue weighted by Gasteiger charge is 2.34. The Labute approximate surface area is 151 Å². The largest absolute Gasteiger partial charge is 0.478 e. The van der Waals surface area contributed by atoms with Crippen molar-refractivity contribution in [2.24, 2.45) is 5.41 Å². The Morgan fingerprint density at radius 1 is 1.27 bits per heavy atom. The topological polar surface area (TPSA) is 119 Å². The van der Waals surface area contributed by atoms with Crippen LogP contribution in [0, 0.1) is 15.5 Å². The molecule has 1 aliphatic carbocycles. The number of aromatic carboxylic acids is 1. The number of ether oxygens (including phenoxy) is 1. The fraction of sp³-hybridized carbons (Fsp3) is 0.556. The van der Waals surface area contributed by atoms with E-state index in [9.17, 15) is 19.7 Å². The first kappa shape index (κ1) is 19.8. The number of hydrogen-bond acceptors (Lipinski definition) is 5. The summed E-state index contributed by atoms with van der Waals surface area (Å²) in [6.45, 7) is 3.66. The van der Waals surface area contributed by atoms with Gasteiger partial charge >= 0.3 is 5.97 Å². The number of nitrogens with zero attached hydrogens (tertiary/aromatic N) is 1. The molecule has 0 saturated heterocycles. The van der Waals surface area contributed by atoms with Gasteiger partial charge in [-0.05, 0) is 37.7 Å². The minimum Gasteiger partial charge on any atom is -0.478 e. The molecule has 0 spiro atoms. The average Bonchev–Trinajstić information content (AvgIpc) is 3.08. The van der Waals surface area contributed by atoms with Crippen LogP contribution in [0.5, 0.6) is 0 Å². The van der Waals surface area contributed by atoms with Crippen molar-refractivity contribution in [2.75, 3.05) is 19.8 Å². The Hall–Kier alpha value is -2.48. The molecule has 0 bridgehead atoms. The summed E-state index contributed by atoms with van der Waals surface area (Å²) >= 11 is 0. The monoisotopic (exact) mass is 364 g/mol. The van der Waals surface area contributed by atoms with E-state index in [0.717, 1.165) is 50.3 Å². The van der Waals surface area contributed by atoms with Crippen LogP contribution in [0.1, 0.15) is 59.7 Å². The number of carboxylic acid groups (broad SMARTS) is 1. The van der Waals surface area contributed by atoms with Crippen molar-refractivity contribution < 1.29 is 24.4 Å². The number of rotatable bonds is 9. The summed E-state index contributed by atoms with van der Waals surface area (Å²) in [5.74, 6) is -1.81. The molecule has 1 aromatic carbocycles. The third-order valence-corrected chi connectivity index (χ3v) is 4.91. The Kier molecular flexibility index (Phi) is 6.68. The van der Waals surface area contributed by atoms with Crippen molar-refractivity contribution in [2.45, 2.75) is 39.0 Å². The second-order valence-electron chi connectivity index (χ2n) is 6.67. The molecule has 2 N–H and O–H groups in total. The number of carbonyl (C=O) groups is 2. The molecular formula is C18H24N2O6. The first-order valence-electron chi connectivity index (χ1n) is 8.75. The fourth-order valence-corrected chi connectivity index (χ4v) is 3.41. The Balaban J connectivity index is 2.10. The third-order valence-electron chi connectivity index (χ3n) is 4.91. The quantitative estimate of drug-likeness (QED) is 0.395. The van der Waals surface area contributed by atoms with Gasteiger partial charge in [-0.3, -0.25) is 14.9 Å².